The van der Waals surface area contributed by atoms with E-state index >= 15 is 0 Å². The van der Waals surface area contributed by atoms with Crippen LogP contribution in [0.2, 0.25) is 18.1 Å². The lowest BCUT2D eigenvalue weighted by molar-refractivity contribution is 0.0397. The van der Waals surface area contributed by atoms with Crippen LogP contribution in [0.3, 0.4) is 0 Å². The maximum Gasteiger partial charge on any atom is 0.192 e. The largest absolute Gasteiger partial charge is 0.411 e. The summed E-state index contributed by atoms with van der Waals surface area (Å²) in [5.74, 6) is 0. The van der Waals surface area contributed by atoms with Crippen molar-refractivity contribution in [2.75, 3.05) is 0 Å². The minimum absolute atomic E-state index is 0.0244. The molecule has 0 aliphatic heterocycles. The van der Waals surface area contributed by atoms with E-state index in [1.807, 2.05) is 12.1 Å². The lowest BCUT2D eigenvalue weighted by atomic mass is 9.90. The van der Waals surface area contributed by atoms with Crippen molar-refractivity contribution in [2.45, 2.75) is 104 Å². The van der Waals surface area contributed by atoms with Crippen LogP contribution in [-0.2, 0) is 11.0 Å². The van der Waals surface area contributed by atoms with Gasteiger partial charge < -0.3 is 9.53 Å². The molecule has 154 valence electrons. The summed E-state index contributed by atoms with van der Waals surface area (Å²) < 4.78 is 7.01. The maximum atomic E-state index is 9.41. The molecule has 0 radical (unpaired) electrons. The van der Waals surface area contributed by atoms with Crippen LogP contribution >= 0.6 is 0 Å². The van der Waals surface area contributed by atoms with Crippen LogP contribution in [-0.4, -0.2) is 19.0 Å². The van der Waals surface area contributed by atoms with Gasteiger partial charge in [0.1, 0.15) is 0 Å². The van der Waals surface area contributed by atoms with Crippen LogP contribution in [0, 0.1) is 0 Å². The van der Waals surface area contributed by atoms with Gasteiger partial charge in [-0.25, -0.2) is 0 Å². The van der Waals surface area contributed by atoms with Gasteiger partial charge in [-0.1, -0.05) is 65.8 Å². The maximum absolute atomic E-state index is 9.41. The van der Waals surface area contributed by atoms with Crippen LogP contribution in [0.1, 0.15) is 84.8 Å². The third kappa shape index (κ3) is 6.58. The zero-order valence-corrected chi connectivity index (χ0v) is 19.6. The van der Waals surface area contributed by atoms with Gasteiger partial charge in [0.05, 0.1) is 12.2 Å². The first-order valence-electron chi connectivity index (χ1n) is 11.1. The molecule has 0 spiro atoms. The Morgan fingerprint density at radius 3 is 2.15 bits per heavy atom. The Kier molecular flexibility index (Phi) is 10.6. The molecule has 0 atom stereocenters. The molecule has 0 saturated heterocycles. The van der Waals surface area contributed by atoms with Crippen molar-refractivity contribution in [3.05, 3.63) is 41.5 Å². The number of rotatable bonds is 13. The molecule has 0 saturated carbocycles. The molecule has 2 nitrogen and oxygen atoms in total. The highest BCUT2D eigenvalue weighted by Gasteiger charge is 2.38. The van der Waals surface area contributed by atoms with Crippen molar-refractivity contribution in [3.63, 3.8) is 0 Å². The topological polar surface area (TPSA) is 29.5 Å². The third-order valence-electron chi connectivity index (χ3n) is 6.51. The smallest absolute Gasteiger partial charge is 0.192 e. The molecule has 0 unspecified atom stereocenters. The highest BCUT2D eigenvalue weighted by atomic mass is 28.4. The Bertz CT molecular complexity index is 563. The minimum atomic E-state index is -1.61. The van der Waals surface area contributed by atoms with E-state index in [0.29, 0.717) is 0 Å². The summed E-state index contributed by atoms with van der Waals surface area (Å²) in [6, 6.07) is 11.9. The second-order valence-corrected chi connectivity index (χ2v) is 12.4. The number of hydrogen-bond donors (Lipinski definition) is 1. The molecule has 1 aromatic carbocycles. The lowest BCUT2D eigenvalue weighted by Crippen LogP contribution is -2.46. The highest BCUT2D eigenvalue weighted by molar-refractivity contribution is 6.73. The number of aliphatic hydroxyl groups excluding tert-OH is 1. The SMILES string of the molecule is CC/C(=C/CCC(CC)(CC)O[Si](CC)(CC)CC)c1cccc(CO)c1. The van der Waals surface area contributed by atoms with Crippen LogP contribution in [0.5, 0.6) is 0 Å². The van der Waals surface area contributed by atoms with E-state index in [2.05, 4.69) is 59.8 Å². The molecule has 1 rings (SSSR count). The van der Waals surface area contributed by atoms with Crippen molar-refractivity contribution in [2.24, 2.45) is 0 Å². The van der Waals surface area contributed by atoms with E-state index in [-0.39, 0.29) is 12.2 Å². The van der Waals surface area contributed by atoms with Gasteiger partial charge in [0.15, 0.2) is 8.32 Å². The van der Waals surface area contributed by atoms with Gasteiger partial charge in [-0.2, -0.15) is 0 Å². The normalized spacial score (nSPS) is 13.2. The molecule has 0 fully saturated rings. The molecule has 0 aliphatic carbocycles. The fourth-order valence-corrected chi connectivity index (χ4v) is 7.31. The first kappa shape index (κ1) is 24.1. The van der Waals surface area contributed by atoms with E-state index < -0.39 is 8.32 Å². The van der Waals surface area contributed by atoms with Gasteiger partial charge >= 0.3 is 0 Å². The standard InChI is InChI=1S/C24H42O2Si/c1-7-22(23-16-13-15-21(19-23)20-25)17-14-18-24(8-2,9-3)26-27(10-4,11-5)12-6/h13,15-17,19,25H,7-12,14,18,20H2,1-6H3/b22-17-. The van der Waals surface area contributed by atoms with Gasteiger partial charge in [0, 0.05) is 0 Å². The summed E-state index contributed by atoms with van der Waals surface area (Å²) in [4.78, 5) is 0. The molecule has 0 aromatic heterocycles. The molecule has 0 heterocycles. The quantitative estimate of drug-likeness (QED) is 0.357. The molecule has 1 N–H and O–H groups in total. The molecule has 27 heavy (non-hydrogen) atoms. The van der Waals surface area contributed by atoms with Gasteiger partial charge in [0.25, 0.3) is 0 Å². The lowest BCUT2D eigenvalue weighted by Gasteiger charge is -2.42. The first-order valence-corrected chi connectivity index (χ1v) is 13.6. The van der Waals surface area contributed by atoms with Crippen molar-refractivity contribution < 1.29 is 9.53 Å². The van der Waals surface area contributed by atoms with Gasteiger partial charge in [-0.15, -0.1) is 0 Å². The zero-order valence-electron chi connectivity index (χ0n) is 18.6. The van der Waals surface area contributed by atoms with Gasteiger partial charge in [-0.3, -0.25) is 0 Å². The number of allylic oxidation sites excluding steroid dienone is 2. The second kappa shape index (κ2) is 11.8. The Hall–Kier alpha value is -0.903. The molecule has 0 aliphatic rings. The fourth-order valence-electron chi connectivity index (χ4n) is 4.07. The monoisotopic (exact) mass is 390 g/mol. The zero-order chi connectivity index (χ0) is 20.3. The molecule has 1 aromatic rings. The first-order chi connectivity index (χ1) is 13.0. The summed E-state index contributed by atoms with van der Waals surface area (Å²) >= 11 is 0. The number of hydrogen-bond acceptors (Lipinski definition) is 2. The predicted molar refractivity (Wildman–Crippen MR) is 121 cm³/mol. The van der Waals surface area contributed by atoms with Gasteiger partial charge in [0.2, 0.25) is 0 Å². The Morgan fingerprint density at radius 2 is 1.67 bits per heavy atom. The summed E-state index contributed by atoms with van der Waals surface area (Å²) in [5.41, 5.74) is 3.62. The van der Waals surface area contributed by atoms with E-state index in [9.17, 15) is 5.11 Å². The average molecular weight is 391 g/mol. The minimum Gasteiger partial charge on any atom is -0.411 e. The second-order valence-electron chi connectivity index (χ2n) is 7.72. The molecular formula is C24H42O2Si. The van der Waals surface area contributed by atoms with Crippen molar-refractivity contribution in [3.8, 4) is 0 Å². The summed E-state index contributed by atoms with van der Waals surface area (Å²) in [7, 11) is -1.61. The van der Waals surface area contributed by atoms with Crippen LogP contribution < -0.4 is 0 Å². The Balaban J connectivity index is 2.95. The van der Waals surface area contributed by atoms with Crippen molar-refractivity contribution >= 4 is 13.9 Å². The van der Waals surface area contributed by atoms with E-state index in [1.54, 1.807) is 0 Å². The fraction of sp³-hybridized carbons (Fsp3) is 0.667. The summed E-state index contributed by atoms with van der Waals surface area (Å²) in [6.07, 6.45) is 7.74. The Morgan fingerprint density at radius 1 is 1.04 bits per heavy atom. The molecular weight excluding hydrogens is 348 g/mol. The number of benzene rings is 1. The van der Waals surface area contributed by atoms with Crippen molar-refractivity contribution in [1.29, 1.82) is 0 Å². The van der Waals surface area contributed by atoms with Crippen LogP contribution in [0.25, 0.3) is 5.57 Å². The average Bonchev–Trinajstić information content (AvgIpc) is 2.74. The third-order valence-corrected chi connectivity index (χ3v) is 11.2. The Labute approximate surface area is 169 Å². The van der Waals surface area contributed by atoms with E-state index in [1.165, 1.54) is 29.3 Å². The van der Waals surface area contributed by atoms with Crippen molar-refractivity contribution in [1.82, 2.24) is 0 Å². The summed E-state index contributed by atoms with van der Waals surface area (Å²) in [5, 5.41) is 9.41. The number of aliphatic hydroxyl groups is 1. The predicted octanol–water partition coefficient (Wildman–Crippen LogP) is 7.33. The van der Waals surface area contributed by atoms with Crippen LogP contribution in [0.4, 0.5) is 0 Å². The summed E-state index contributed by atoms with van der Waals surface area (Å²) in [6.45, 7) is 13.8. The van der Waals surface area contributed by atoms with Crippen LogP contribution in [0.15, 0.2) is 30.3 Å². The molecule has 3 heteroatoms. The molecule has 0 bridgehead atoms. The highest BCUT2D eigenvalue weighted by Crippen LogP contribution is 2.35. The van der Waals surface area contributed by atoms with E-state index in [4.69, 9.17) is 4.43 Å². The van der Waals surface area contributed by atoms with Gasteiger partial charge in [-0.05, 0) is 73.0 Å². The molecule has 0 amide bonds. The van der Waals surface area contributed by atoms with E-state index in [0.717, 1.165) is 37.7 Å².